The molecule has 0 N–H and O–H groups in total. The molecule has 0 saturated heterocycles. The third-order valence-corrected chi connectivity index (χ3v) is 11.3. The lowest BCUT2D eigenvalue weighted by molar-refractivity contribution is 1.07. The van der Waals surface area contributed by atoms with E-state index < -0.39 is 0 Å². The van der Waals surface area contributed by atoms with Crippen LogP contribution in [0.25, 0.3) is 113 Å². The number of pyridine rings is 3. The molecule has 0 aliphatic heterocycles. The van der Waals surface area contributed by atoms with Crippen molar-refractivity contribution < 1.29 is 0 Å². The number of hydrogen-bond acceptors (Lipinski definition) is 8. The summed E-state index contributed by atoms with van der Waals surface area (Å²) in [5, 5.41) is 0. The summed E-state index contributed by atoms with van der Waals surface area (Å²) < 4.78 is 0. The lowest BCUT2D eigenvalue weighted by Crippen LogP contribution is -2.00. The Labute approximate surface area is 382 Å². The quantitative estimate of drug-likeness (QED) is 0.134. The first-order chi connectivity index (χ1) is 32.7. The normalized spacial score (nSPS) is 11.0. The van der Waals surface area contributed by atoms with Gasteiger partial charge < -0.3 is 0 Å². The van der Waals surface area contributed by atoms with Crippen LogP contribution < -0.4 is 0 Å². The summed E-state index contributed by atoms with van der Waals surface area (Å²) in [6.07, 6.45) is 3.68. The van der Waals surface area contributed by atoms with Gasteiger partial charge in [0, 0.05) is 51.3 Å². The zero-order chi connectivity index (χ0) is 44.1. The molecule has 5 aromatic heterocycles. The number of nitrogens with zero attached hydrogens (tertiary/aromatic N) is 8. The van der Waals surface area contributed by atoms with Crippen molar-refractivity contribution in [3.8, 4) is 113 Å². The van der Waals surface area contributed by atoms with E-state index in [0.717, 1.165) is 89.8 Å². The highest BCUT2D eigenvalue weighted by Gasteiger charge is 2.16. The van der Waals surface area contributed by atoms with E-state index in [1.54, 1.807) is 6.20 Å². The van der Waals surface area contributed by atoms with Crippen molar-refractivity contribution in [3.05, 3.63) is 231 Å². The van der Waals surface area contributed by atoms with Gasteiger partial charge in [-0.3, -0.25) is 9.97 Å². The second-order valence-electron chi connectivity index (χ2n) is 15.7. The minimum absolute atomic E-state index is 0.607. The van der Waals surface area contributed by atoms with Crippen LogP contribution in [0.15, 0.2) is 231 Å². The van der Waals surface area contributed by atoms with E-state index in [1.165, 1.54) is 0 Å². The van der Waals surface area contributed by atoms with E-state index in [4.69, 9.17) is 34.9 Å². The summed E-state index contributed by atoms with van der Waals surface area (Å²) in [6.45, 7) is 0. The minimum Gasteiger partial charge on any atom is -0.255 e. The highest BCUT2D eigenvalue weighted by atomic mass is 15.0. The Morgan fingerprint density at radius 2 is 0.576 bits per heavy atom. The Kier molecular flexibility index (Phi) is 10.8. The fraction of sp³-hybridized carbons (Fsp3) is 0. The molecule has 5 heterocycles. The molecular formula is C58H38N8. The smallest absolute Gasteiger partial charge is 0.164 e. The third kappa shape index (κ3) is 8.50. The van der Waals surface area contributed by atoms with Gasteiger partial charge in [0.05, 0.1) is 34.2 Å². The molecule has 11 rings (SSSR count). The van der Waals surface area contributed by atoms with Gasteiger partial charge in [0.1, 0.15) is 0 Å². The topological polar surface area (TPSA) is 103 Å². The summed E-state index contributed by atoms with van der Waals surface area (Å²) in [5.41, 5.74) is 14.5. The van der Waals surface area contributed by atoms with Gasteiger partial charge in [-0.05, 0) is 53.1 Å². The van der Waals surface area contributed by atoms with Gasteiger partial charge in [0.15, 0.2) is 23.3 Å². The maximum atomic E-state index is 5.09. The molecule has 0 aliphatic carbocycles. The Bertz CT molecular complexity index is 3290. The Balaban J connectivity index is 0.899. The van der Waals surface area contributed by atoms with Crippen molar-refractivity contribution in [1.29, 1.82) is 0 Å². The van der Waals surface area contributed by atoms with Crippen molar-refractivity contribution in [2.24, 2.45) is 0 Å². The maximum Gasteiger partial charge on any atom is 0.164 e. The van der Waals surface area contributed by atoms with E-state index in [9.17, 15) is 0 Å². The summed E-state index contributed by atoms with van der Waals surface area (Å²) in [4.78, 5) is 39.3. The van der Waals surface area contributed by atoms with Crippen molar-refractivity contribution in [1.82, 2.24) is 39.9 Å². The van der Waals surface area contributed by atoms with Crippen LogP contribution in [0.3, 0.4) is 0 Å². The highest BCUT2D eigenvalue weighted by molar-refractivity contribution is 5.79. The number of benzene rings is 6. The predicted molar refractivity (Wildman–Crippen MR) is 263 cm³/mol. The molecule has 11 aromatic rings. The molecule has 0 spiro atoms. The van der Waals surface area contributed by atoms with Gasteiger partial charge >= 0.3 is 0 Å². The van der Waals surface area contributed by atoms with Gasteiger partial charge in [0.2, 0.25) is 0 Å². The van der Waals surface area contributed by atoms with E-state index in [2.05, 4.69) is 77.8 Å². The van der Waals surface area contributed by atoms with Crippen LogP contribution in [0.2, 0.25) is 0 Å². The zero-order valence-electron chi connectivity index (χ0n) is 35.5. The van der Waals surface area contributed by atoms with Crippen molar-refractivity contribution in [2.75, 3.05) is 0 Å². The number of hydrogen-bond donors (Lipinski definition) is 0. The molecular weight excluding hydrogens is 809 g/mol. The molecule has 0 unspecified atom stereocenters. The first kappa shape index (κ1) is 39.7. The van der Waals surface area contributed by atoms with Crippen LogP contribution in [0.5, 0.6) is 0 Å². The molecule has 8 nitrogen and oxygen atoms in total. The van der Waals surface area contributed by atoms with E-state index in [1.807, 2.05) is 152 Å². The lowest BCUT2D eigenvalue weighted by atomic mass is 9.99. The van der Waals surface area contributed by atoms with Gasteiger partial charge in [-0.25, -0.2) is 29.9 Å². The molecule has 0 saturated carbocycles. The van der Waals surface area contributed by atoms with Crippen LogP contribution in [0.4, 0.5) is 0 Å². The van der Waals surface area contributed by atoms with Crippen LogP contribution in [0.1, 0.15) is 0 Å². The first-order valence-corrected chi connectivity index (χ1v) is 21.7. The van der Waals surface area contributed by atoms with Gasteiger partial charge in [-0.2, -0.15) is 0 Å². The molecule has 0 bridgehead atoms. The molecule has 0 fully saturated rings. The fourth-order valence-electron chi connectivity index (χ4n) is 7.84. The summed E-state index contributed by atoms with van der Waals surface area (Å²) in [5.74, 6) is 2.54. The van der Waals surface area contributed by atoms with Crippen LogP contribution in [-0.2, 0) is 0 Å². The van der Waals surface area contributed by atoms with Gasteiger partial charge in [0.25, 0.3) is 0 Å². The molecule has 66 heavy (non-hydrogen) atoms. The minimum atomic E-state index is 0.607. The second-order valence-corrected chi connectivity index (χ2v) is 15.7. The Morgan fingerprint density at radius 1 is 0.197 bits per heavy atom. The molecule has 0 radical (unpaired) electrons. The lowest BCUT2D eigenvalue weighted by Gasteiger charge is -2.12. The second kappa shape index (κ2) is 17.9. The zero-order valence-corrected chi connectivity index (χ0v) is 35.5. The van der Waals surface area contributed by atoms with Crippen molar-refractivity contribution in [2.45, 2.75) is 0 Å². The summed E-state index contributed by atoms with van der Waals surface area (Å²) in [7, 11) is 0. The third-order valence-electron chi connectivity index (χ3n) is 11.3. The van der Waals surface area contributed by atoms with E-state index in [0.29, 0.717) is 23.3 Å². The largest absolute Gasteiger partial charge is 0.255 e. The van der Waals surface area contributed by atoms with Gasteiger partial charge in [-0.1, -0.05) is 182 Å². The molecule has 310 valence electrons. The average molecular weight is 847 g/mol. The standard InChI is InChI=1S/C58H38N8/c1-5-15-41(16-6-1)51-37-52(63-55(62-51)43-17-7-2-8-18-43)42-28-24-40(25-29-42)48-35-53(49-23-13-14-34-59-49)61-54(36-48)50-33-32-47(38-60-50)39-26-30-46(31-27-39)58-65-56(44-19-9-3-10-20-44)64-57(66-58)45-21-11-4-12-22-45/h1-38H. The van der Waals surface area contributed by atoms with Crippen LogP contribution in [-0.4, -0.2) is 39.9 Å². The first-order valence-electron chi connectivity index (χ1n) is 21.7. The highest BCUT2D eigenvalue weighted by Crippen LogP contribution is 2.34. The molecule has 8 heteroatoms. The Morgan fingerprint density at radius 3 is 1.05 bits per heavy atom. The predicted octanol–water partition coefficient (Wildman–Crippen LogP) is 13.5. The maximum absolute atomic E-state index is 5.09. The van der Waals surface area contributed by atoms with E-state index >= 15 is 0 Å². The molecule has 6 aromatic carbocycles. The summed E-state index contributed by atoms with van der Waals surface area (Å²) in [6, 6.07) is 73.3. The van der Waals surface area contributed by atoms with E-state index in [-0.39, 0.29) is 0 Å². The number of rotatable bonds is 10. The molecule has 0 amide bonds. The van der Waals surface area contributed by atoms with Crippen molar-refractivity contribution in [3.63, 3.8) is 0 Å². The summed E-state index contributed by atoms with van der Waals surface area (Å²) >= 11 is 0. The Hall–Kier alpha value is -9.14. The van der Waals surface area contributed by atoms with Crippen LogP contribution in [0, 0.1) is 0 Å². The van der Waals surface area contributed by atoms with Crippen molar-refractivity contribution >= 4 is 0 Å². The number of aromatic nitrogens is 8. The SMILES string of the molecule is c1ccc(-c2cc(-c3ccc(-c4cc(-c5ccccn5)nc(-c5ccc(-c6ccc(-c7nc(-c8ccccc8)nc(-c8ccccc8)n7)cc6)cn5)c4)cc3)nc(-c3ccccc3)n2)cc1. The van der Waals surface area contributed by atoms with Crippen LogP contribution >= 0.6 is 0 Å². The monoisotopic (exact) mass is 846 g/mol. The molecule has 0 aliphatic rings. The van der Waals surface area contributed by atoms with Gasteiger partial charge in [-0.15, -0.1) is 0 Å². The fourth-order valence-corrected chi connectivity index (χ4v) is 7.84. The average Bonchev–Trinajstić information content (AvgIpc) is 3.42. The molecule has 0 atom stereocenters.